The zero-order chi connectivity index (χ0) is 12.1. The van der Waals surface area contributed by atoms with Gasteiger partial charge in [0.05, 0.1) is 0 Å². The number of aromatic nitrogens is 2. The molecule has 0 N–H and O–H groups in total. The van der Waals surface area contributed by atoms with Crippen LogP contribution in [0.15, 0.2) is 6.07 Å². The van der Waals surface area contributed by atoms with Gasteiger partial charge >= 0.3 is 0 Å². The lowest BCUT2D eigenvalue weighted by molar-refractivity contribution is 0.178. The summed E-state index contributed by atoms with van der Waals surface area (Å²) in [6, 6.07) is 1.84. The summed E-state index contributed by atoms with van der Waals surface area (Å²) in [5.41, 5.74) is 0. The molecule has 94 valence electrons. The fourth-order valence-electron chi connectivity index (χ4n) is 2.11. The van der Waals surface area contributed by atoms with Gasteiger partial charge < -0.3 is 9.64 Å². The van der Waals surface area contributed by atoms with Crippen LogP contribution in [0.3, 0.4) is 0 Å². The van der Waals surface area contributed by atoms with Crippen molar-refractivity contribution in [2.45, 2.75) is 32.3 Å². The molecule has 0 atom stereocenters. The van der Waals surface area contributed by atoms with Crippen molar-refractivity contribution >= 4 is 17.4 Å². The quantitative estimate of drug-likeness (QED) is 0.779. The number of anilines is 1. The smallest absolute Gasteiger partial charge is 0.158 e. The highest BCUT2D eigenvalue weighted by Crippen LogP contribution is 2.20. The van der Waals surface area contributed by atoms with Crippen molar-refractivity contribution in [2.75, 3.05) is 25.1 Å². The van der Waals surface area contributed by atoms with Crippen LogP contribution in [0, 0.1) is 0 Å². The van der Waals surface area contributed by atoms with E-state index in [0.29, 0.717) is 17.6 Å². The largest absolute Gasteiger partial charge is 0.377 e. The number of rotatable bonds is 3. The number of nitrogens with zero attached hydrogens (tertiary/aromatic N) is 3. The second kappa shape index (κ2) is 6.17. The molecular formula is C12H18ClN3O. The highest BCUT2D eigenvalue weighted by Gasteiger charge is 2.13. The molecule has 0 bridgehead atoms. The Bertz CT molecular complexity index is 365. The first-order valence-corrected chi connectivity index (χ1v) is 6.45. The minimum Gasteiger partial charge on any atom is -0.377 e. The van der Waals surface area contributed by atoms with Crippen LogP contribution in [-0.4, -0.2) is 30.2 Å². The van der Waals surface area contributed by atoms with Crippen LogP contribution < -0.4 is 4.90 Å². The van der Waals surface area contributed by atoms with E-state index in [9.17, 15) is 0 Å². The minimum absolute atomic E-state index is 0.404. The normalized spacial score (nSPS) is 16.9. The lowest BCUT2D eigenvalue weighted by Crippen LogP contribution is -2.25. The molecule has 0 amide bonds. The van der Waals surface area contributed by atoms with E-state index in [0.717, 1.165) is 18.9 Å². The molecule has 0 unspecified atom stereocenters. The summed E-state index contributed by atoms with van der Waals surface area (Å²) >= 11 is 6.01. The summed E-state index contributed by atoms with van der Waals surface area (Å²) in [5, 5.41) is 0.492. The van der Waals surface area contributed by atoms with Crippen molar-refractivity contribution in [1.82, 2.24) is 9.97 Å². The van der Waals surface area contributed by atoms with Crippen molar-refractivity contribution in [3.63, 3.8) is 0 Å². The summed E-state index contributed by atoms with van der Waals surface area (Å²) < 4.78 is 5.05. The van der Waals surface area contributed by atoms with Gasteiger partial charge in [-0.3, -0.25) is 0 Å². The summed E-state index contributed by atoms with van der Waals surface area (Å²) in [4.78, 5) is 10.9. The van der Waals surface area contributed by atoms with E-state index in [2.05, 4.69) is 14.9 Å². The van der Waals surface area contributed by atoms with Crippen LogP contribution >= 0.6 is 11.6 Å². The van der Waals surface area contributed by atoms with E-state index in [4.69, 9.17) is 16.3 Å². The van der Waals surface area contributed by atoms with Gasteiger partial charge in [0.1, 0.15) is 17.6 Å². The predicted molar refractivity (Wildman–Crippen MR) is 68.4 cm³/mol. The van der Waals surface area contributed by atoms with Crippen molar-refractivity contribution < 1.29 is 4.74 Å². The molecule has 0 radical (unpaired) electrons. The molecule has 0 spiro atoms. The number of ether oxygens (including phenoxy) is 1. The molecule has 2 heterocycles. The van der Waals surface area contributed by atoms with Gasteiger partial charge in [0.2, 0.25) is 0 Å². The SMILES string of the molecule is COCc1nc(Cl)cc(N2CCCCCC2)n1. The maximum absolute atomic E-state index is 6.01. The first-order valence-electron chi connectivity index (χ1n) is 6.07. The van der Waals surface area contributed by atoms with Crippen LogP contribution in [-0.2, 0) is 11.3 Å². The number of methoxy groups -OCH3 is 1. The Labute approximate surface area is 107 Å². The lowest BCUT2D eigenvalue weighted by atomic mass is 10.2. The van der Waals surface area contributed by atoms with Crippen LogP contribution in [0.25, 0.3) is 0 Å². The molecule has 2 rings (SSSR count). The van der Waals surface area contributed by atoms with E-state index in [1.54, 1.807) is 7.11 Å². The Morgan fingerprint density at radius 3 is 2.59 bits per heavy atom. The van der Waals surface area contributed by atoms with E-state index in [1.165, 1.54) is 25.7 Å². The van der Waals surface area contributed by atoms with Gasteiger partial charge in [-0.25, -0.2) is 9.97 Å². The zero-order valence-electron chi connectivity index (χ0n) is 10.2. The molecular weight excluding hydrogens is 238 g/mol. The average Bonchev–Trinajstić information content (AvgIpc) is 2.57. The summed E-state index contributed by atoms with van der Waals surface area (Å²) in [6.45, 7) is 2.51. The molecule has 1 aliphatic heterocycles. The highest BCUT2D eigenvalue weighted by atomic mass is 35.5. The topological polar surface area (TPSA) is 38.2 Å². The van der Waals surface area contributed by atoms with Crippen LogP contribution in [0.1, 0.15) is 31.5 Å². The second-order valence-corrected chi connectivity index (χ2v) is 4.69. The fourth-order valence-corrected chi connectivity index (χ4v) is 2.30. The monoisotopic (exact) mass is 255 g/mol. The standard InChI is InChI=1S/C12H18ClN3O/c1-17-9-11-14-10(13)8-12(15-11)16-6-4-2-3-5-7-16/h8H,2-7,9H2,1H3. The molecule has 0 aliphatic carbocycles. The Morgan fingerprint density at radius 2 is 1.94 bits per heavy atom. The van der Waals surface area contributed by atoms with Crippen LogP contribution in [0.5, 0.6) is 0 Å². The van der Waals surface area contributed by atoms with E-state index in [-0.39, 0.29) is 0 Å². The summed E-state index contributed by atoms with van der Waals surface area (Å²) in [7, 11) is 1.63. The van der Waals surface area contributed by atoms with Gasteiger partial charge in [-0.2, -0.15) is 0 Å². The number of hydrogen-bond acceptors (Lipinski definition) is 4. The molecule has 1 fully saturated rings. The van der Waals surface area contributed by atoms with Crippen molar-refractivity contribution in [3.05, 3.63) is 17.0 Å². The third-order valence-electron chi connectivity index (χ3n) is 2.93. The molecule has 1 aromatic heterocycles. The third-order valence-corrected chi connectivity index (χ3v) is 3.12. The van der Waals surface area contributed by atoms with Gasteiger partial charge in [0.25, 0.3) is 0 Å². The highest BCUT2D eigenvalue weighted by molar-refractivity contribution is 6.29. The summed E-state index contributed by atoms with van der Waals surface area (Å²) in [6.07, 6.45) is 5.06. The molecule has 1 aromatic rings. The lowest BCUT2D eigenvalue weighted by Gasteiger charge is -2.21. The van der Waals surface area contributed by atoms with Gasteiger partial charge in [-0.05, 0) is 12.8 Å². The van der Waals surface area contributed by atoms with Crippen LogP contribution in [0.2, 0.25) is 5.15 Å². The van der Waals surface area contributed by atoms with Crippen molar-refractivity contribution in [3.8, 4) is 0 Å². The van der Waals surface area contributed by atoms with Crippen LogP contribution in [0.4, 0.5) is 5.82 Å². The molecule has 1 saturated heterocycles. The van der Waals surface area contributed by atoms with Crippen molar-refractivity contribution in [1.29, 1.82) is 0 Å². The second-order valence-electron chi connectivity index (χ2n) is 4.30. The molecule has 0 saturated carbocycles. The first kappa shape index (κ1) is 12.6. The minimum atomic E-state index is 0.404. The van der Waals surface area contributed by atoms with Gasteiger partial charge in [0.15, 0.2) is 5.82 Å². The van der Waals surface area contributed by atoms with Crippen molar-refractivity contribution in [2.24, 2.45) is 0 Å². The zero-order valence-corrected chi connectivity index (χ0v) is 10.9. The van der Waals surface area contributed by atoms with Gasteiger partial charge in [-0.15, -0.1) is 0 Å². The molecule has 5 heteroatoms. The Morgan fingerprint density at radius 1 is 1.24 bits per heavy atom. The van der Waals surface area contributed by atoms with Gasteiger partial charge in [-0.1, -0.05) is 24.4 Å². The molecule has 1 aliphatic rings. The Hall–Kier alpha value is -0.870. The Kier molecular flexibility index (Phi) is 4.57. The molecule has 4 nitrogen and oxygen atoms in total. The first-order chi connectivity index (χ1) is 8.29. The van der Waals surface area contributed by atoms with E-state index >= 15 is 0 Å². The number of hydrogen-bond donors (Lipinski definition) is 0. The van der Waals surface area contributed by atoms with E-state index in [1.807, 2.05) is 6.07 Å². The summed E-state index contributed by atoms with van der Waals surface area (Å²) in [5.74, 6) is 1.58. The van der Waals surface area contributed by atoms with Gasteiger partial charge in [0, 0.05) is 26.3 Å². The maximum Gasteiger partial charge on any atom is 0.158 e. The predicted octanol–water partition coefficient (Wildman–Crippen LogP) is 2.66. The number of halogens is 1. The maximum atomic E-state index is 6.01. The molecule has 17 heavy (non-hydrogen) atoms. The fraction of sp³-hybridized carbons (Fsp3) is 0.667. The van der Waals surface area contributed by atoms with E-state index < -0.39 is 0 Å². The molecule has 0 aromatic carbocycles. The Balaban J connectivity index is 2.17. The third kappa shape index (κ3) is 3.54. The average molecular weight is 256 g/mol.